The highest BCUT2D eigenvalue weighted by Gasteiger charge is 2.13. The van der Waals surface area contributed by atoms with Gasteiger partial charge in [0.15, 0.2) is 11.0 Å². The molecule has 0 radical (unpaired) electrons. The number of benzene rings is 1. The first-order valence-electron chi connectivity index (χ1n) is 4.79. The van der Waals surface area contributed by atoms with Crippen molar-refractivity contribution in [2.24, 2.45) is 0 Å². The maximum absolute atomic E-state index is 13.0. The molecule has 0 aliphatic carbocycles. The number of furan rings is 1. The summed E-state index contributed by atoms with van der Waals surface area (Å²) in [6.45, 7) is 0. The average molecular weight is 273 g/mol. The van der Waals surface area contributed by atoms with E-state index < -0.39 is 5.82 Å². The van der Waals surface area contributed by atoms with Gasteiger partial charge in [0.05, 0.1) is 0 Å². The lowest BCUT2D eigenvalue weighted by Gasteiger charge is -2.02. The molecule has 88 valence electrons. The van der Waals surface area contributed by atoms with Gasteiger partial charge in [-0.3, -0.25) is 4.79 Å². The third-order valence-corrected chi connectivity index (χ3v) is 2.78. The van der Waals surface area contributed by atoms with Crippen molar-refractivity contribution in [3.63, 3.8) is 0 Å². The molecule has 0 unspecified atom stereocenters. The molecule has 0 bridgehead atoms. The van der Waals surface area contributed by atoms with Crippen molar-refractivity contribution in [2.45, 2.75) is 6.42 Å². The van der Waals surface area contributed by atoms with Gasteiger partial charge >= 0.3 is 0 Å². The number of Topliss-reactive ketones (excluding diaryl/α,β-unsaturated/α-hetero) is 1. The first kappa shape index (κ1) is 12.1. The van der Waals surface area contributed by atoms with Crippen LogP contribution in [0.25, 0.3) is 0 Å². The van der Waals surface area contributed by atoms with Crippen molar-refractivity contribution >= 4 is 29.0 Å². The molecule has 0 saturated carbocycles. The van der Waals surface area contributed by atoms with Crippen LogP contribution in [0.5, 0.6) is 0 Å². The van der Waals surface area contributed by atoms with Gasteiger partial charge in [-0.25, -0.2) is 4.39 Å². The fraction of sp³-hybridized carbons (Fsp3) is 0.0833. The van der Waals surface area contributed by atoms with Crippen molar-refractivity contribution in [3.05, 3.63) is 57.7 Å². The predicted molar refractivity (Wildman–Crippen MR) is 63.2 cm³/mol. The molecule has 2 aromatic rings. The van der Waals surface area contributed by atoms with Gasteiger partial charge in [-0.1, -0.05) is 11.6 Å². The highest BCUT2D eigenvalue weighted by atomic mass is 35.5. The molecular formula is C12H7Cl2FO2. The third kappa shape index (κ3) is 2.87. The summed E-state index contributed by atoms with van der Waals surface area (Å²) in [6.07, 6.45) is -0.0273. The van der Waals surface area contributed by atoms with E-state index in [9.17, 15) is 9.18 Å². The van der Waals surface area contributed by atoms with E-state index in [0.717, 1.165) is 0 Å². The van der Waals surface area contributed by atoms with Crippen LogP contribution in [0.1, 0.15) is 16.1 Å². The molecule has 2 nitrogen and oxygen atoms in total. The lowest BCUT2D eigenvalue weighted by molar-refractivity contribution is 0.0966. The number of halogens is 3. The van der Waals surface area contributed by atoms with Gasteiger partial charge in [0, 0.05) is 11.4 Å². The second-order valence-corrected chi connectivity index (χ2v) is 4.22. The number of hydrogen-bond donors (Lipinski definition) is 0. The second kappa shape index (κ2) is 4.90. The zero-order chi connectivity index (χ0) is 12.4. The monoisotopic (exact) mass is 272 g/mol. The molecule has 1 aromatic carbocycles. The lowest BCUT2D eigenvalue weighted by Crippen LogP contribution is -2.03. The molecule has 5 heteroatoms. The highest BCUT2D eigenvalue weighted by Crippen LogP contribution is 2.20. The number of carbonyl (C=O) groups excluding carboxylic acids is 1. The molecule has 0 atom stereocenters. The summed E-state index contributed by atoms with van der Waals surface area (Å²) >= 11 is 11.4. The largest absolute Gasteiger partial charge is 0.442 e. The Morgan fingerprint density at radius 1 is 1.24 bits per heavy atom. The van der Waals surface area contributed by atoms with Gasteiger partial charge in [0.2, 0.25) is 5.78 Å². The van der Waals surface area contributed by atoms with Crippen LogP contribution < -0.4 is 0 Å². The van der Waals surface area contributed by atoms with Gasteiger partial charge in [0.25, 0.3) is 0 Å². The lowest BCUT2D eigenvalue weighted by atomic mass is 10.1. The van der Waals surface area contributed by atoms with E-state index in [0.29, 0.717) is 10.6 Å². The maximum atomic E-state index is 13.0. The van der Waals surface area contributed by atoms with Crippen LogP contribution in [0.3, 0.4) is 0 Å². The van der Waals surface area contributed by atoms with Crippen LogP contribution in [-0.2, 0) is 6.42 Å². The normalized spacial score (nSPS) is 10.5. The van der Waals surface area contributed by atoms with E-state index in [1.165, 1.54) is 30.3 Å². The minimum atomic E-state index is -0.435. The first-order chi connectivity index (χ1) is 8.06. The van der Waals surface area contributed by atoms with Crippen molar-refractivity contribution in [3.8, 4) is 0 Å². The molecule has 1 heterocycles. The van der Waals surface area contributed by atoms with E-state index in [-0.39, 0.29) is 23.2 Å². The molecule has 0 fully saturated rings. The number of rotatable bonds is 3. The summed E-state index contributed by atoms with van der Waals surface area (Å²) in [5.41, 5.74) is 0.421. The Labute approximate surface area is 107 Å². The molecule has 0 aliphatic rings. The summed E-state index contributed by atoms with van der Waals surface area (Å²) in [6, 6.07) is 6.82. The van der Waals surface area contributed by atoms with Crippen molar-refractivity contribution < 1.29 is 13.6 Å². The van der Waals surface area contributed by atoms with Gasteiger partial charge in [-0.15, -0.1) is 0 Å². The summed E-state index contributed by atoms with van der Waals surface area (Å²) in [7, 11) is 0. The smallest absolute Gasteiger partial charge is 0.202 e. The van der Waals surface area contributed by atoms with Gasteiger partial charge in [-0.2, -0.15) is 0 Å². The molecule has 17 heavy (non-hydrogen) atoms. The summed E-state index contributed by atoms with van der Waals surface area (Å²) in [4.78, 5) is 11.8. The molecule has 1 aromatic heterocycles. The molecule has 0 spiro atoms. The average Bonchev–Trinajstić information content (AvgIpc) is 2.70. The van der Waals surface area contributed by atoms with Crippen molar-refractivity contribution in [1.82, 2.24) is 0 Å². The Bertz CT molecular complexity index is 563. The Morgan fingerprint density at radius 3 is 2.65 bits per heavy atom. The summed E-state index contributed by atoms with van der Waals surface area (Å²) in [5.74, 6) is -0.602. The van der Waals surface area contributed by atoms with Gasteiger partial charge < -0.3 is 4.42 Å². The molecule has 0 saturated heterocycles. The highest BCUT2D eigenvalue weighted by molar-refractivity contribution is 6.31. The van der Waals surface area contributed by atoms with E-state index in [1.54, 1.807) is 0 Å². The van der Waals surface area contributed by atoms with Crippen LogP contribution in [0.4, 0.5) is 4.39 Å². The van der Waals surface area contributed by atoms with Crippen molar-refractivity contribution in [2.75, 3.05) is 0 Å². The topological polar surface area (TPSA) is 30.2 Å². The molecule has 0 N–H and O–H groups in total. The predicted octanol–water partition coefficient (Wildman–Crippen LogP) is 4.15. The molecular weight excluding hydrogens is 266 g/mol. The molecule has 0 amide bonds. The Hall–Kier alpha value is -1.32. The van der Waals surface area contributed by atoms with Gasteiger partial charge in [0.1, 0.15) is 5.82 Å². The minimum absolute atomic E-state index is 0.0273. The molecule has 2 rings (SSSR count). The summed E-state index contributed by atoms with van der Waals surface area (Å²) < 4.78 is 18.0. The number of ketones is 1. The standard InChI is InChI=1S/C12H7Cl2FO2/c13-9-2-1-8(15)5-7(9)6-10(16)11-3-4-12(14)17-11/h1-5H,6H2. The number of hydrogen-bond acceptors (Lipinski definition) is 2. The third-order valence-electron chi connectivity index (χ3n) is 2.21. The SMILES string of the molecule is O=C(Cc1cc(F)ccc1Cl)c1ccc(Cl)o1. The quantitative estimate of drug-likeness (QED) is 0.786. The van der Waals surface area contributed by atoms with Crippen LogP contribution in [0.2, 0.25) is 10.2 Å². The Balaban J connectivity index is 2.21. The van der Waals surface area contributed by atoms with Gasteiger partial charge in [-0.05, 0) is 47.5 Å². The van der Waals surface area contributed by atoms with Crippen molar-refractivity contribution in [1.29, 1.82) is 0 Å². The van der Waals surface area contributed by atoms with E-state index >= 15 is 0 Å². The summed E-state index contributed by atoms with van der Waals surface area (Å²) in [5, 5.41) is 0.482. The maximum Gasteiger partial charge on any atom is 0.202 e. The first-order valence-corrected chi connectivity index (χ1v) is 5.54. The zero-order valence-corrected chi connectivity index (χ0v) is 10.1. The number of carbonyl (C=O) groups is 1. The van der Waals surface area contributed by atoms with Crippen LogP contribution in [0.15, 0.2) is 34.7 Å². The minimum Gasteiger partial charge on any atom is -0.442 e. The molecule has 0 aliphatic heterocycles. The van der Waals surface area contributed by atoms with Crippen LogP contribution in [-0.4, -0.2) is 5.78 Å². The van der Waals surface area contributed by atoms with Crippen LogP contribution >= 0.6 is 23.2 Å². The van der Waals surface area contributed by atoms with E-state index in [2.05, 4.69) is 0 Å². The fourth-order valence-electron chi connectivity index (χ4n) is 1.40. The van der Waals surface area contributed by atoms with E-state index in [4.69, 9.17) is 27.6 Å². The fourth-order valence-corrected chi connectivity index (χ4v) is 1.73. The Kier molecular flexibility index (Phi) is 3.50. The Morgan fingerprint density at radius 2 is 2.00 bits per heavy atom. The van der Waals surface area contributed by atoms with Crippen LogP contribution in [0, 0.1) is 5.82 Å². The second-order valence-electron chi connectivity index (χ2n) is 3.44. The van der Waals surface area contributed by atoms with E-state index in [1.807, 2.05) is 0 Å². The zero-order valence-electron chi connectivity index (χ0n) is 8.54.